The number of benzene rings is 1. The summed E-state index contributed by atoms with van der Waals surface area (Å²) in [5.74, 6) is -0.755. The highest BCUT2D eigenvalue weighted by molar-refractivity contribution is 6.32. The molecule has 1 N–H and O–H groups in total. The van der Waals surface area contributed by atoms with Crippen molar-refractivity contribution in [2.75, 3.05) is 37.6 Å². The fraction of sp³-hybridized carbons (Fsp3) is 0.464. The topological polar surface area (TPSA) is 69.6 Å². The third-order valence-corrected chi connectivity index (χ3v) is 7.65. The molecule has 0 atom stereocenters. The number of carbonyl (C=O) groups excluding carboxylic acids is 1. The zero-order valence-corrected chi connectivity index (χ0v) is 20.7. The molecule has 0 aliphatic carbocycles. The maximum Gasteiger partial charge on any atom is 0.170 e. The number of piperidine rings is 1. The van der Waals surface area contributed by atoms with Crippen molar-refractivity contribution in [3.8, 4) is 17.0 Å². The molecule has 2 saturated heterocycles. The van der Waals surface area contributed by atoms with Gasteiger partial charge in [0.15, 0.2) is 17.3 Å². The quantitative estimate of drug-likeness (QED) is 0.389. The molecule has 6 nitrogen and oxygen atoms in total. The summed E-state index contributed by atoms with van der Waals surface area (Å²) >= 11 is 6.00. The van der Waals surface area contributed by atoms with Gasteiger partial charge in [-0.2, -0.15) is 0 Å². The average molecular weight is 513 g/mol. The van der Waals surface area contributed by atoms with Gasteiger partial charge in [-0.1, -0.05) is 19.0 Å². The molecule has 0 amide bonds. The molecule has 0 radical (unpaired) electrons. The summed E-state index contributed by atoms with van der Waals surface area (Å²) in [6, 6.07) is 6.27. The minimum atomic E-state index is -0.804. The number of hydrogen-bond acceptors (Lipinski definition) is 6. The van der Waals surface area contributed by atoms with Gasteiger partial charge in [0.2, 0.25) is 0 Å². The molecule has 36 heavy (non-hydrogen) atoms. The van der Waals surface area contributed by atoms with E-state index in [1.165, 1.54) is 51.0 Å². The first-order chi connectivity index (χ1) is 16.9. The second-order valence-electron chi connectivity index (χ2n) is 9.70. The van der Waals surface area contributed by atoms with Gasteiger partial charge in [-0.05, 0) is 88.8 Å². The van der Waals surface area contributed by atoms with Gasteiger partial charge in [0.05, 0.1) is 27.5 Å². The Morgan fingerprint density at radius 1 is 1.17 bits per heavy atom. The molecular weight excluding hydrogens is 479 g/mol. The number of fused-ring (bicyclic) bond motifs is 1. The summed E-state index contributed by atoms with van der Waals surface area (Å²) < 4.78 is 14.1. The second-order valence-corrected chi connectivity index (χ2v) is 10.1. The van der Waals surface area contributed by atoms with E-state index in [0.717, 1.165) is 31.6 Å². The lowest BCUT2D eigenvalue weighted by Crippen LogP contribution is -2.36. The number of halogens is 2. The van der Waals surface area contributed by atoms with Crippen LogP contribution < -0.4 is 4.90 Å². The Bertz CT molecular complexity index is 1230. The number of phenols is 1. The molecular formula is C28H34ClFN4O2. The zero-order valence-electron chi connectivity index (χ0n) is 19.9. The number of anilines is 1. The van der Waals surface area contributed by atoms with E-state index in [9.17, 15) is 14.3 Å². The Hall–Kier alpha value is -2.77. The van der Waals surface area contributed by atoms with Crippen LogP contribution in [0.2, 0.25) is 5.02 Å². The van der Waals surface area contributed by atoms with Crippen molar-refractivity contribution in [2.24, 2.45) is 5.92 Å². The number of aromatic nitrogens is 2. The van der Waals surface area contributed by atoms with Crippen LogP contribution in [0, 0.1) is 11.7 Å². The number of carbonyl (C=O) groups is 1. The van der Waals surface area contributed by atoms with Gasteiger partial charge in [0.25, 0.3) is 0 Å². The van der Waals surface area contributed by atoms with Crippen molar-refractivity contribution < 1.29 is 14.3 Å². The maximum absolute atomic E-state index is 14.1. The summed E-state index contributed by atoms with van der Waals surface area (Å²) in [5, 5.41) is 9.62. The minimum absolute atomic E-state index is 0. The Balaban J connectivity index is 0.00000304. The number of likely N-dealkylation sites (tertiary alicyclic amines) is 1. The number of ketones is 1. The minimum Gasteiger partial charge on any atom is -0.504 e. The van der Waals surface area contributed by atoms with Crippen molar-refractivity contribution in [3.63, 3.8) is 0 Å². The molecule has 2 aromatic heterocycles. The maximum atomic E-state index is 14.1. The van der Waals surface area contributed by atoms with Crippen LogP contribution in [0.5, 0.6) is 5.75 Å². The fourth-order valence-electron chi connectivity index (χ4n) is 5.32. The average Bonchev–Trinajstić information content (AvgIpc) is 3.39. The molecule has 2 aliphatic rings. The molecule has 0 spiro atoms. The molecule has 2 fully saturated rings. The lowest BCUT2D eigenvalue weighted by Gasteiger charge is -2.35. The number of rotatable bonds is 6. The Labute approximate surface area is 217 Å². The summed E-state index contributed by atoms with van der Waals surface area (Å²) in [4.78, 5) is 26.7. The molecule has 1 aromatic carbocycles. The highest BCUT2D eigenvalue weighted by Crippen LogP contribution is 2.36. The van der Waals surface area contributed by atoms with Crippen LogP contribution in [0.1, 0.15) is 56.8 Å². The van der Waals surface area contributed by atoms with Crippen molar-refractivity contribution in [1.29, 1.82) is 0 Å². The van der Waals surface area contributed by atoms with Gasteiger partial charge in [-0.3, -0.25) is 9.78 Å². The lowest BCUT2D eigenvalue weighted by molar-refractivity contribution is 0.101. The predicted octanol–water partition coefficient (Wildman–Crippen LogP) is 6.34. The molecule has 2 aliphatic heterocycles. The molecule has 4 heterocycles. The van der Waals surface area contributed by atoms with Crippen LogP contribution in [-0.2, 0) is 0 Å². The van der Waals surface area contributed by atoms with Crippen LogP contribution in [0.15, 0.2) is 30.5 Å². The summed E-state index contributed by atoms with van der Waals surface area (Å²) in [6.45, 7) is 6.90. The number of aromatic hydroxyl groups is 1. The van der Waals surface area contributed by atoms with E-state index < -0.39 is 11.6 Å². The number of hydrogen-bond donors (Lipinski definition) is 1. The molecule has 0 bridgehead atoms. The van der Waals surface area contributed by atoms with E-state index in [1.807, 2.05) is 6.07 Å². The van der Waals surface area contributed by atoms with Crippen molar-refractivity contribution in [1.82, 2.24) is 14.9 Å². The summed E-state index contributed by atoms with van der Waals surface area (Å²) in [7, 11) is 0. The molecule has 0 unspecified atom stereocenters. The first-order valence-electron chi connectivity index (χ1n) is 12.4. The molecule has 8 heteroatoms. The van der Waals surface area contributed by atoms with Gasteiger partial charge < -0.3 is 14.9 Å². The smallest absolute Gasteiger partial charge is 0.170 e. The van der Waals surface area contributed by atoms with Crippen LogP contribution in [0.25, 0.3) is 22.3 Å². The van der Waals surface area contributed by atoms with E-state index >= 15 is 0 Å². The van der Waals surface area contributed by atoms with E-state index in [1.54, 1.807) is 19.2 Å². The van der Waals surface area contributed by atoms with E-state index in [2.05, 4.69) is 14.8 Å². The van der Waals surface area contributed by atoms with E-state index in [-0.39, 0.29) is 18.2 Å². The number of nitrogens with zero attached hydrogens (tertiary/aromatic N) is 4. The normalized spacial score (nSPS) is 16.9. The van der Waals surface area contributed by atoms with Gasteiger partial charge in [-0.15, -0.1) is 0 Å². The monoisotopic (exact) mass is 512 g/mol. The van der Waals surface area contributed by atoms with Crippen molar-refractivity contribution >= 4 is 34.1 Å². The van der Waals surface area contributed by atoms with Gasteiger partial charge in [-0.25, -0.2) is 9.37 Å². The fourth-order valence-corrected chi connectivity index (χ4v) is 5.53. The summed E-state index contributed by atoms with van der Waals surface area (Å²) in [5.41, 5.74) is 3.60. The molecule has 3 aromatic rings. The highest BCUT2D eigenvalue weighted by Gasteiger charge is 2.26. The van der Waals surface area contributed by atoms with Crippen molar-refractivity contribution in [2.45, 2.75) is 46.5 Å². The first-order valence-corrected chi connectivity index (χ1v) is 12.7. The van der Waals surface area contributed by atoms with Crippen LogP contribution in [-0.4, -0.2) is 58.5 Å². The Morgan fingerprint density at radius 2 is 1.89 bits per heavy atom. The standard InChI is InChI=1S/C27H30ClFN4O2.CH4/c1-17(34)20-16-30-24-5-4-23(19-14-21(28)27(35)22(29)15-19)31-25(24)26(20)33-12-7-18(8-13-33)6-11-32-9-2-3-10-32;/h4-5,14-16,18,35H,2-3,6-13H2,1H3;1H4. The van der Waals surface area contributed by atoms with Crippen LogP contribution in [0.4, 0.5) is 10.1 Å². The Morgan fingerprint density at radius 3 is 2.56 bits per heavy atom. The molecule has 192 valence electrons. The zero-order chi connectivity index (χ0) is 24.5. The SMILES string of the molecule is C.CC(=O)c1cnc2ccc(-c3cc(F)c(O)c(Cl)c3)nc2c1N1CCC(CCN2CCCC2)CC1. The predicted molar refractivity (Wildman–Crippen MR) is 144 cm³/mol. The molecule has 5 rings (SSSR count). The van der Waals surface area contributed by atoms with Crippen LogP contribution >= 0.6 is 11.6 Å². The van der Waals surface area contributed by atoms with E-state index in [4.69, 9.17) is 16.6 Å². The van der Waals surface area contributed by atoms with Gasteiger partial charge in [0.1, 0.15) is 5.52 Å². The van der Waals surface area contributed by atoms with Gasteiger partial charge >= 0.3 is 0 Å². The number of Topliss-reactive ketones (excluding diaryl/α,β-unsaturated/α-hetero) is 1. The largest absolute Gasteiger partial charge is 0.504 e. The van der Waals surface area contributed by atoms with Crippen LogP contribution in [0.3, 0.4) is 0 Å². The Kier molecular flexibility index (Phi) is 8.10. The molecule has 0 saturated carbocycles. The first kappa shape index (κ1) is 26.3. The van der Waals surface area contributed by atoms with Gasteiger partial charge in [0, 0.05) is 24.8 Å². The number of pyridine rings is 2. The highest BCUT2D eigenvalue weighted by atomic mass is 35.5. The van der Waals surface area contributed by atoms with Crippen molar-refractivity contribution in [3.05, 3.63) is 46.9 Å². The third-order valence-electron chi connectivity index (χ3n) is 7.36. The van der Waals surface area contributed by atoms with E-state index in [0.29, 0.717) is 33.8 Å². The summed E-state index contributed by atoms with van der Waals surface area (Å²) in [6.07, 6.45) is 7.65. The third kappa shape index (κ3) is 5.32. The number of phenolic OH excluding ortho intramolecular Hbond substituents is 1. The second kappa shape index (κ2) is 11.1. The lowest BCUT2D eigenvalue weighted by atomic mass is 9.92.